The van der Waals surface area contributed by atoms with Crippen molar-refractivity contribution in [3.05, 3.63) is 35.8 Å². The smallest absolute Gasteiger partial charge is 0.136 e. The number of nitrogens with zero attached hydrogens (tertiary/aromatic N) is 4. The predicted octanol–water partition coefficient (Wildman–Crippen LogP) is 2.99. The molecule has 2 aromatic heterocycles. The molecule has 0 unspecified atom stereocenters. The number of ether oxygens (including phenoxy) is 2. The van der Waals surface area contributed by atoms with E-state index in [9.17, 15) is 0 Å². The van der Waals surface area contributed by atoms with Crippen LogP contribution in [-0.4, -0.2) is 39.3 Å². The van der Waals surface area contributed by atoms with Crippen molar-refractivity contribution in [3.8, 4) is 0 Å². The fourth-order valence-corrected chi connectivity index (χ4v) is 3.15. The van der Waals surface area contributed by atoms with Crippen LogP contribution >= 0.6 is 0 Å². The summed E-state index contributed by atoms with van der Waals surface area (Å²) >= 11 is 0. The molecule has 1 aliphatic rings. The minimum absolute atomic E-state index is 0.0520. The first-order chi connectivity index (χ1) is 12.4. The number of methoxy groups -OCH3 is 1. The summed E-state index contributed by atoms with van der Waals surface area (Å²) in [5, 5.41) is 3.59. The third kappa shape index (κ3) is 4.40. The van der Waals surface area contributed by atoms with Crippen LogP contribution in [0.2, 0.25) is 0 Å². The predicted molar refractivity (Wildman–Crippen MR) is 100.0 cm³/mol. The van der Waals surface area contributed by atoms with Crippen molar-refractivity contribution in [2.45, 2.75) is 57.8 Å². The van der Waals surface area contributed by atoms with Crippen molar-refractivity contribution < 1.29 is 9.47 Å². The van der Waals surface area contributed by atoms with Crippen molar-refractivity contribution in [2.24, 2.45) is 7.05 Å². The quantitative estimate of drug-likeness (QED) is 0.885. The lowest BCUT2D eigenvalue weighted by Crippen LogP contribution is -2.31. The largest absolute Gasteiger partial charge is 0.378 e. The topological polar surface area (TPSA) is 74.1 Å². The van der Waals surface area contributed by atoms with Crippen LogP contribution in [0.15, 0.2) is 18.6 Å². The van der Waals surface area contributed by atoms with E-state index in [2.05, 4.69) is 36.1 Å². The molecule has 26 heavy (non-hydrogen) atoms. The fraction of sp³-hybridized carbons (Fsp3) is 0.632. The highest BCUT2D eigenvalue weighted by atomic mass is 16.5. The molecule has 1 saturated heterocycles. The van der Waals surface area contributed by atoms with E-state index in [0.29, 0.717) is 12.6 Å². The second-order valence-corrected chi connectivity index (χ2v) is 7.91. The maximum atomic E-state index is 5.96. The molecule has 7 nitrogen and oxygen atoms in total. The molecular weight excluding hydrogens is 330 g/mol. The number of hydrogen-bond donors (Lipinski definition) is 1. The Morgan fingerprint density at radius 2 is 2.15 bits per heavy atom. The standard InChI is InChI=1S/C19H29N5O2/c1-19(2,3)18-22-14(11-25-5)9-17(23-18)21-13-6-7-26-16(8-13)15-10-20-12-24(15)4/h9-10,12-13,16H,6-8,11H2,1-5H3,(H,21,22,23)/t13-,16+/m0/s1. The van der Waals surface area contributed by atoms with Gasteiger partial charge in [-0.25, -0.2) is 15.0 Å². The number of nitrogens with one attached hydrogen (secondary N) is 1. The first-order valence-corrected chi connectivity index (χ1v) is 9.08. The van der Waals surface area contributed by atoms with Gasteiger partial charge >= 0.3 is 0 Å². The second kappa shape index (κ2) is 7.72. The number of rotatable bonds is 5. The van der Waals surface area contributed by atoms with Gasteiger partial charge in [-0.15, -0.1) is 0 Å². The SMILES string of the molecule is COCc1cc(N[C@H]2CCO[C@@H](c3cncn3C)C2)nc(C(C)(C)C)n1. The number of anilines is 1. The highest BCUT2D eigenvalue weighted by Gasteiger charge is 2.27. The van der Waals surface area contributed by atoms with Gasteiger partial charge in [0.2, 0.25) is 0 Å². The summed E-state index contributed by atoms with van der Waals surface area (Å²) in [4.78, 5) is 13.6. The van der Waals surface area contributed by atoms with Crippen LogP contribution in [0, 0.1) is 0 Å². The maximum absolute atomic E-state index is 5.96. The molecule has 2 aromatic rings. The van der Waals surface area contributed by atoms with Crippen LogP contribution in [0.5, 0.6) is 0 Å². The van der Waals surface area contributed by atoms with Gasteiger partial charge in [0.25, 0.3) is 0 Å². The second-order valence-electron chi connectivity index (χ2n) is 7.91. The Labute approximate surface area is 155 Å². The van der Waals surface area contributed by atoms with E-state index in [0.717, 1.165) is 42.5 Å². The lowest BCUT2D eigenvalue weighted by atomic mass is 9.95. The van der Waals surface area contributed by atoms with Crippen molar-refractivity contribution in [1.29, 1.82) is 0 Å². The molecule has 0 aromatic carbocycles. The van der Waals surface area contributed by atoms with Crippen molar-refractivity contribution >= 4 is 5.82 Å². The minimum Gasteiger partial charge on any atom is -0.378 e. The van der Waals surface area contributed by atoms with E-state index in [4.69, 9.17) is 14.5 Å². The lowest BCUT2D eigenvalue weighted by Gasteiger charge is -2.31. The van der Waals surface area contributed by atoms with Gasteiger partial charge in [0.15, 0.2) is 0 Å². The van der Waals surface area contributed by atoms with Gasteiger partial charge in [-0.2, -0.15) is 0 Å². The number of imidazole rings is 1. The molecule has 142 valence electrons. The summed E-state index contributed by atoms with van der Waals surface area (Å²) in [5.41, 5.74) is 1.88. The summed E-state index contributed by atoms with van der Waals surface area (Å²) in [6, 6.07) is 2.27. The van der Waals surface area contributed by atoms with Crippen molar-refractivity contribution in [3.63, 3.8) is 0 Å². The Kier molecular flexibility index (Phi) is 5.58. The van der Waals surface area contributed by atoms with Crippen LogP contribution in [0.3, 0.4) is 0 Å². The zero-order valence-electron chi connectivity index (χ0n) is 16.3. The minimum atomic E-state index is -0.118. The van der Waals surface area contributed by atoms with E-state index >= 15 is 0 Å². The summed E-state index contributed by atoms with van der Waals surface area (Å²) in [6.07, 6.45) is 5.58. The van der Waals surface area contributed by atoms with E-state index in [-0.39, 0.29) is 11.5 Å². The zero-order chi connectivity index (χ0) is 18.7. The van der Waals surface area contributed by atoms with Gasteiger partial charge in [-0.05, 0) is 12.8 Å². The number of aryl methyl sites for hydroxylation is 1. The third-order valence-electron chi connectivity index (χ3n) is 4.56. The normalized spacial score (nSPS) is 21.0. The van der Waals surface area contributed by atoms with Gasteiger partial charge < -0.3 is 19.4 Å². The molecule has 0 radical (unpaired) electrons. The Bertz CT molecular complexity index is 738. The van der Waals surface area contributed by atoms with Gasteiger partial charge in [0.05, 0.1) is 30.5 Å². The average Bonchev–Trinajstić information content (AvgIpc) is 3.00. The van der Waals surface area contributed by atoms with Crippen LogP contribution in [-0.2, 0) is 28.5 Å². The van der Waals surface area contributed by atoms with Crippen LogP contribution < -0.4 is 5.32 Å². The van der Waals surface area contributed by atoms with E-state index < -0.39 is 0 Å². The third-order valence-corrected chi connectivity index (χ3v) is 4.56. The summed E-state index contributed by atoms with van der Waals surface area (Å²) in [6.45, 7) is 7.56. The molecule has 0 aliphatic carbocycles. The van der Waals surface area contributed by atoms with Crippen LogP contribution in [0.25, 0.3) is 0 Å². The molecule has 1 fully saturated rings. The molecule has 0 amide bonds. The first-order valence-electron chi connectivity index (χ1n) is 9.08. The summed E-state index contributed by atoms with van der Waals surface area (Å²) in [7, 11) is 3.68. The molecule has 0 saturated carbocycles. The number of hydrogen-bond acceptors (Lipinski definition) is 6. The van der Waals surface area contributed by atoms with Crippen LogP contribution in [0.1, 0.15) is 56.9 Å². The monoisotopic (exact) mass is 359 g/mol. The van der Waals surface area contributed by atoms with Crippen molar-refractivity contribution in [1.82, 2.24) is 19.5 Å². The van der Waals surface area contributed by atoms with Gasteiger partial charge in [0.1, 0.15) is 17.7 Å². The Morgan fingerprint density at radius 1 is 1.35 bits per heavy atom. The van der Waals surface area contributed by atoms with Gasteiger partial charge in [0, 0.05) is 38.3 Å². The van der Waals surface area contributed by atoms with E-state index in [1.54, 1.807) is 7.11 Å². The Balaban J connectivity index is 1.77. The van der Waals surface area contributed by atoms with E-state index in [1.165, 1.54) is 0 Å². The van der Waals surface area contributed by atoms with Crippen molar-refractivity contribution in [2.75, 3.05) is 19.0 Å². The molecule has 3 rings (SSSR count). The molecule has 1 aliphatic heterocycles. The molecule has 0 bridgehead atoms. The molecule has 2 atom stereocenters. The number of aromatic nitrogens is 4. The maximum Gasteiger partial charge on any atom is 0.136 e. The fourth-order valence-electron chi connectivity index (χ4n) is 3.15. The zero-order valence-corrected chi connectivity index (χ0v) is 16.3. The molecule has 0 spiro atoms. The summed E-state index contributed by atoms with van der Waals surface area (Å²) < 4.78 is 13.2. The van der Waals surface area contributed by atoms with Gasteiger partial charge in [-0.3, -0.25) is 0 Å². The van der Waals surface area contributed by atoms with Crippen LogP contribution in [0.4, 0.5) is 5.82 Å². The molecule has 1 N–H and O–H groups in total. The highest BCUT2D eigenvalue weighted by Crippen LogP contribution is 2.29. The Hall–Kier alpha value is -1.99. The first kappa shape index (κ1) is 18.8. The Morgan fingerprint density at radius 3 is 2.81 bits per heavy atom. The average molecular weight is 359 g/mol. The molecular formula is C19H29N5O2. The molecule has 7 heteroatoms. The highest BCUT2D eigenvalue weighted by molar-refractivity contribution is 5.38. The summed E-state index contributed by atoms with van der Waals surface area (Å²) in [5.74, 6) is 1.68. The van der Waals surface area contributed by atoms with E-state index in [1.807, 2.05) is 30.2 Å². The van der Waals surface area contributed by atoms with Gasteiger partial charge in [-0.1, -0.05) is 20.8 Å². The molecule has 3 heterocycles. The lowest BCUT2D eigenvalue weighted by molar-refractivity contribution is 0.00553.